The monoisotopic (exact) mass is 679 g/mol. The van der Waals surface area contributed by atoms with Gasteiger partial charge >= 0.3 is 0 Å². The first kappa shape index (κ1) is 30.7. The summed E-state index contributed by atoms with van der Waals surface area (Å²) in [5.41, 5.74) is 25.6. The van der Waals surface area contributed by atoms with Crippen molar-refractivity contribution in [1.82, 2.24) is 15.5 Å². The molecule has 0 bridgehead atoms. The van der Waals surface area contributed by atoms with Crippen molar-refractivity contribution in [2.24, 2.45) is 0 Å². The lowest BCUT2D eigenvalue weighted by atomic mass is 9.92. The van der Waals surface area contributed by atoms with Gasteiger partial charge in [-0.1, -0.05) is 103 Å². The fourth-order valence-corrected chi connectivity index (χ4v) is 7.62. The Hall–Kier alpha value is -7.08. The first-order chi connectivity index (χ1) is 26.2. The average molecular weight is 680 g/mol. The van der Waals surface area contributed by atoms with Crippen LogP contribution in [0.2, 0.25) is 0 Å². The van der Waals surface area contributed by atoms with Crippen LogP contribution in [0.1, 0.15) is 0 Å². The van der Waals surface area contributed by atoms with Crippen LogP contribution in [-0.4, -0.2) is 9.97 Å². The number of hydrogen-bond acceptors (Lipinski definition) is 5. The highest BCUT2D eigenvalue weighted by atomic mass is 15.6. The minimum Gasteiger partial charge on any atom is -0.301 e. The molecule has 1 aliphatic heterocycles. The predicted molar refractivity (Wildman–Crippen MR) is 220 cm³/mol. The largest absolute Gasteiger partial charge is 0.301 e. The van der Waals surface area contributed by atoms with Crippen molar-refractivity contribution in [1.29, 1.82) is 0 Å². The molecule has 2 aromatic heterocycles. The summed E-state index contributed by atoms with van der Waals surface area (Å²) >= 11 is 0. The molecule has 1 aliphatic rings. The van der Waals surface area contributed by atoms with Crippen molar-refractivity contribution < 1.29 is 0 Å². The molecule has 0 fully saturated rings. The highest BCUT2D eigenvalue weighted by Crippen LogP contribution is 2.43. The number of pyridine rings is 2. The molecule has 0 spiro atoms. The molecule has 0 aliphatic carbocycles. The third-order valence-electron chi connectivity index (χ3n) is 10.2. The van der Waals surface area contributed by atoms with E-state index in [0.717, 1.165) is 44.8 Å². The third-order valence-corrected chi connectivity index (χ3v) is 10.2. The average Bonchev–Trinajstić information content (AvgIpc) is 3.75. The van der Waals surface area contributed by atoms with E-state index in [1.807, 2.05) is 36.9 Å². The van der Waals surface area contributed by atoms with E-state index in [2.05, 4.69) is 172 Å². The summed E-state index contributed by atoms with van der Waals surface area (Å²) in [5, 5.41) is 4.82. The zero-order chi connectivity index (χ0) is 35.1. The highest BCUT2D eigenvalue weighted by Gasteiger charge is 2.18. The standard InChI is InChI=1S/C48H33N5/c1-2-17-44-43(16-1)46-28-37(18-19-45(46)48-47(44)51-53-52-48)35-12-4-10-33(23-35)31-8-3-9-32(22-31)34-11-5-13-36(24-34)40-25-41(38-14-6-20-49-29-38)27-42(26-40)39-15-7-21-50-30-39/h1-30,51-53H. The number of rotatable bonds is 6. The third kappa shape index (κ3) is 5.66. The molecule has 5 nitrogen and oxygen atoms in total. The van der Waals surface area contributed by atoms with Crippen LogP contribution in [0.3, 0.4) is 0 Å². The molecule has 0 radical (unpaired) electrons. The number of hydrazine groups is 2. The Kier molecular flexibility index (Phi) is 7.48. The van der Waals surface area contributed by atoms with Crippen molar-refractivity contribution in [2.45, 2.75) is 0 Å². The minimum absolute atomic E-state index is 1.08. The normalized spacial score (nSPS) is 12.0. The van der Waals surface area contributed by atoms with Gasteiger partial charge in [-0.15, -0.1) is 5.53 Å². The second-order valence-electron chi connectivity index (χ2n) is 13.5. The molecule has 250 valence electrons. The van der Waals surface area contributed by atoms with Gasteiger partial charge in [0.2, 0.25) is 0 Å². The molecule has 9 aromatic rings. The molecule has 5 heteroatoms. The van der Waals surface area contributed by atoms with Gasteiger partial charge < -0.3 is 10.9 Å². The molecule has 0 atom stereocenters. The van der Waals surface area contributed by atoms with Crippen LogP contribution >= 0.6 is 0 Å². The summed E-state index contributed by atoms with van der Waals surface area (Å²) < 4.78 is 0. The van der Waals surface area contributed by atoms with Crippen LogP contribution in [0, 0.1) is 0 Å². The van der Waals surface area contributed by atoms with Crippen molar-refractivity contribution in [3.8, 4) is 66.8 Å². The van der Waals surface area contributed by atoms with Gasteiger partial charge in [-0.2, -0.15) is 0 Å². The number of nitrogens with one attached hydrogen (secondary N) is 3. The van der Waals surface area contributed by atoms with Gasteiger partial charge in [-0.05, 0) is 121 Å². The van der Waals surface area contributed by atoms with Gasteiger partial charge in [0, 0.05) is 46.7 Å². The number of nitrogens with zero attached hydrogens (tertiary/aromatic N) is 2. The molecule has 0 saturated carbocycles. The summed E-state index contributed by atoms with van der Waals surface area (Å²) in [5.74, 6) is 0. The maximum atomic E-state index is 4.39. The lowest BCUT2D eigenvalue weighted by Crippen LogP contribution is -2.19. The first-order valence-electron chi connectivity index (χ1n) is 17.8. The van der Waals surface area contributed by atoms with E-state index in [4.69, 9.17) is 0 Å². The van der Waals surface area contributed by atoms with Crippen LogP contribution in [0.15, 0.2) is 183 Å². The Balaban J connectivity index is 1.01. The zero-order valence-electron chi connectivity index (χ0n) is 28.7. The Morgan fingerprint density at radius 2 is 0.679 bits per heavy atom. The van der Waals surface area contributed by atoms with E-state index in [1.54, 1.807) is 0 Å². The molecular weight excluding hydrogens is 647 g/mol. The molecule has 7 aromatic carbocycles. The van der Waals surface area contributed by atoms with Crippen molar-refractivity contribution in [2.75, 3.05) is 10.9 Å². The maximum absolute atomic E-state index is 4.39. The molecule has 10 rings (SSSR count). The number of fused-ring (bicyclic) bond motifs is 6. The van der Waals surface area contributed by atoms with E-state index < -0.39 is 0 Å². The lowest BCUT2D eigenvalue weighted by molar-refractivity contribution is 1.01. The van der Waals surface area contributed by atoms with Gasteiger partial charge in [0.05, 0.1) is 11.4 Å². The van der Waals surface area contributed by atoms with E-state index in [0.29, 0.717) is 0 Å². The highest BCUT2D eigenvalue weighted by molar-refractivity contribution is 6.21. The van der Waals surface area contributed by atoms with Gasteiger partial charge in [-0.25, -0.2) is 0 Å². The summed E-state index contributed by atoms with van der Waals surface area (Å²) in [6, 6.07) is 56.8. The van der Waals surface area contributed by atoms with Crippen molar-refractivity contribution >= 4 is 32.9 Å². The fourth-order valence-electron chi connectivity index (χ4n) is 7.62. The van der Waals surface area contributed by atoms with Gasteiger partial charge in [0.1, 0.15) is 0 Å². The second kappa shape index (κ2) is 12.9. The SMILES string of the molecule is c1cncc(-c2cc(-c3cccnc3)cc(-c3cccc(-c4cccc(-c5cccc(-c6ccc7c8c(c9ccccc9c7c6)NNN8)c5)c4)c3)c2)c1. The quantitative estimate of drug-likeness (QED) is 0.153. The zero-order valence-corrected chi connectivity index (χ0v) is 28.7. The summed E-state index contributed by atoms with van der Waals surface area (Å²) in [6.45, 7) is 0. The summed E-state index contributed by atoms with van der Waals surface area (Å²) in [4.78, 5) is 8.78. The van der Waals surface area contributed by atoms with Gasteiger partial charge in [-0.3, -0.25) is 9.97 Å². The van der Waals surface area contributed by atoms with E-state index in [-0.39, 0.29) is 0 Å². The maximum Gasteiger partial charge on any atom is 0.0835 e. The Morgan fingerprint density at radius 1 is 0.283 bits per heavy atom. The topological polar surface area (TPSA) is 61.9 Å². The van der Waals surface area contributed by atoms with Gasteiger partial charge in [0.25, 0.3) is 0 Å². The van der Waals surface area contributed by atoms with Crippen molar-refractivity contribution in [3.05, 3.63) is 183 Å². The number of hydrogen-bond donors (Lipinski definition) is 3. The van der Waals surface area contributed by atoms with Crippen LogP contribution < -0.4 is 16.4 Å². The van der Waals surface area contributed by atoms with E-state index in [1.165, 1.54) is 54.9 Å². The number of benzene rings is 7. The Labute approximate surface area is 307 Å². The summed E-state index contributed by atoms with van der Waals surface area (Å²) in [7, 11) is 0. The van der Waals surface area contributed by atoms with Gasteiger partial charge in [0.15, 0.2) is 0 Å². The molecular formula is C48H33N5. The van der Waals surface area contributed by atoms with Crippen LogP contribution in [0.4, 0.5) is 11.4 Å². The van der Waals surface area contributed by atoms with E-state index >= 15 is 0 Å². The van der Waals surface area contributed by atoms with E-state index in [9.17, 15) is 0 Å². The molecule has 0 saturated heterocycles. The second-order valence-corrected chi connectivity index (χ2v) is 13.5. The molecule has 0 amide bonds. The summed E-state index contributed by atoms with van der Waals surface area (Å²) in [6.07, 6.45) is 7.46. The smallest absolute Gasteiger partial charge is 0.0835 e. The molecule has 3 heterocycles. The molecule has 53 heavy (non-hydrogen) atoms. The molecule has 3 N–H and O–H groups in total. The van der Waals surface area contributed by atoms with Crippen LogP contribution in [-0.2, 0) is 0 Å². The fraction of sp³-hybridized carbons (Fsp3) is 0. The minimum atomic E-state index is 1.08. The first-order valence-corrected chi connectivity index (χ1v) is 17.8. The molecule has 0 unspecified atom stereocenters. The lowest BCUT2D eigenvalue weighted by Gasteiger charge is -2.13. The van der Waals surface area contributed by atoms with Crippen LogP contribution in [0.5, 0.6) is 0 Å². The Bertz CT molecular complexity index is 2750. The Morgan fingerprint density at radius 3 is 1.17 bits per heavy atom. The predicted octanol–water partition coefficient (Wildman–Crippen LogP) is 12.0. The number of aromatic nitrogens is 2. The number of anilines is 2. The van der Waals surface area contributed by atoms with Crippen LogP contribution in [0.25, 0.3) is 88.3 Å². The van der Waals surface area contributed by atoms with Crippen molar-refractivity contribution in [3.63, 3.8) is 0 Å².